The van der Waals surface area contributed by atoms with Crippen molar-refractivity contribution in [1.29, 1.82) is 0 Å². The summed E-state index contributed by atoms with van der Waals surface area (Å²) in [5.74, 6) is -0.261. The zero-order valence-corrected chi connectivity index (χ0v) is 29.1. The Balaban J connectivity index is 1.10. The van der Waals surface area contributed by atoms with Gasteiger partial charge >= 0.3 is 5.97 Å². The van der Waals surface area contributed by atoms with Crippen LogP contribution in [0.1, 0.15) is 89.7 Å². The number of aliphatic hydroxyl groups is 3. The first kappa shape index (κ1) is 35.7. The molecule has 0 aliphatic heterocycles. The van der Waals surface area contributed by atoms with Crippen molar-refractivity contribution in [2.24, 2.45) is 46.3 Å². The van der Waals surface area contributed by atoms with E-state index in [2.05, 4.69) is 26.1 Å². The molecule has 2 aromatic rings. The summed E-state index contributed by atoms with van der Waals surface area (Å²) in [5, 5.41) is 56.5. The molecule has 9 heteroatoms. The molecule has 4 saturated carbocycles. The molecule has 4 aliphatic carbocycles. The highest BCUT2D eigenvalue weighted by molar-refractivity contribution is 5.84. The van der Waals surface area contributed by atoms with E-state index < -0.39 is 24.2 Å². The summed E-state index contributed by atoms with van der Waals surface area (Å²) in [6.45, 7) is 6.77. The number of phenols is 2. The van der Waals surface area contributed by atoms with Gasteiger partial charge in [-0.25, -0.2) is 4.79 Å². The van der Waals surface area contributed by atoms with Crippen LogP contribution in [0.2, 0.25) is 0 Å². The maximum absolute atomic E-state index is 13.4. The van der Waals surface area contributed by atoms with Gasteiger partial charge in [-0.1, -0.05) is 57.2 Å². The molecule has 0 saturated heterocycles. The van der Waals surface area contributed by atoms with E-state index in [1.165, 1.54) is 12.1 Å². The van der Waals surface area contributed by atoms with Crippen molar-refractivity contribution in [3.63, 3.8) is 0 Å². The number of nitrogens with one attached hydrogen (secondary N) is 1. The van der Waals surface area contributed by atoms with E-state index in [1.807, 2.05) is 30.3 Å². The van der Waals surface area contributed by atoms with E-state index in [9.17, 15) is 35.1 Å². The monoisotopic (exact) mass is 677 g/mol. The Bertz CT molecular complexity index is 1480. The number of carbonyl (C=O) groups excluding carboxylic acids is 2. The Morgan fingerprint density at radius 2 is 1.67 bits per heavy atom. The molecule has 0 heterocycles. The highest BCUT2D eigenvalue weighted by atomic mass is 16.5. The maximum atomic E-state index is 13.4. The molecule has 2 aromatic carbocycles. The van der Waals surface area contributed by atoms with Gasteiger partial charge in [0.15, 0.2) is 11.5 Å². The van der Waals surface area contributed by atoms with Crippen LogP contribution in [0, 0.1) is 46.3 Å². The third-order valence-electron chi connectivity index (χ3n) is 13.7. The van der Waals surface area contributed by atoms with Gasteiger partial charge in [-0.05, 0) is 121 Å². The average Bonchev–Trinajstić information content (AvgIpc) is 3.44. The summed E-state index contributed by atoms with van der Waals surface area (Å²) in [6, 6.07) is 12.6. The number of hydrogen-bond donors (Lipinski definition) is 6. The molecule has 0 bridgehead atoms. The lowest BCUT2D eigenvalue weighted by Crippen LogP contribution is -2.62. The zero-order valence-electron chi connectivity index (χ0n) is 29.1. The number of rotatable bonds is 10. The number of carbonyl (C=O) groups is 2. The number of benzene rings is 2. The number of amides is 1. The molecule has 4 fully saturated rings. The topological polar surface area (TPSA) is 157 Å². The third kappa shape index (κ3) is 6.95. The highest BCUT2D eigenvalue weighted by Gasteiger charge is 2.65. The molecule has 4 aliphatic rings. The number of aromatic hydroxyl groups is 2. The van der Waals surface area contributed by atoms with Gasteiger partial charge in [0.05, 0.1) is 18.3 Å². The normalized spacial score (nSPS) is 36.4. The Morgan fingerprint density at radius 3 is 2.41 bits per heavy atom. The number of ether oxygens (including phenoxy) is 1. The van der Waals surface area contributed by atoms with Gasteiger partial charge in [-0.3, -0.25) is 4.79 Å². The van der Waals surface area contributed by atoms with Crippen LogP contribution < -0.4 is 5.32 Å². The second-order valence-electron chi connectivity index (χ2n) is 16.3. The Hall–Kier alpha value is -3.14. The SMILES string of the molecule is C[C@H](CCC(=O)N[C@@H](Cc1ccc(O)c(O)c1)C(=O)OCc1ccccc1)C1CCC2C3C(O)CC4C[C@H](O)CC[C@]4(C)C3C[C@H](O)[C@@]21C. The van der Waals surface area contributed by atoms with E-state index in [0.29, 0.717) is 18.4 Å². The lowest BCUT2D eigenvalue weighted by molar-refractivity contribution is -0.207. The van der Waals surface area contributed by atoms with Gasteiger partial charge < -0.3 is 35.6 Å². The fourth-order valence-corrected chi connectivity index (χ4v) is 10.9. The van der Waals surface area contributed by atoms with Gasteiger partial charge in [-0.15, -0.1) is 0 Å². The van der Waals surface area contributed by atoms with Crippen molar-refractivity contribution in [3.05, 3.63) is 59.7 Å². The lowest BCUT2D eigenvalue weighted by atomic mass is 9.43. The minimum atomic E-state index is -0.986. The fraction of sp³-hybridized carbons (Fsp3) is 0.650. The predicted molar refractivity (Wildman–Crippen MR) is 184 cm³/mol. The summed E-state index contributed by atoms with van der Waals surface area (Å²) in [7, 11) is 0. The number of aliphatic hydroxyl groups excluding tert-OH is 3. The summed E-state index contributed by atoms with van der Waals surface area (Å²) in [5.41, 5.74) is 1.05. The summed E-state index contributed by atoms with van der Waals surface area (Å²) in [6.07, 6.45) is 5.38. The standard InChI is InChI=1S/C40H55NO8/c1-23(28-11-12-29-37-30(21-35(46)40(28,29)3)39(2)16-15-27(42)19-26(39)20-34(37)45)9-14-36(47)41-31(17-25-10-13-32(43)33(44)18-25)38(48)49-22-24-7-5-4-6-8-24/h4-8,10,13,18,23,26-31,34-35,37,42-46H,9,11-12,14-17,19-22H2,1-3H3,(H,41,47)/t23-,26?,27-,28?,29?,30?,31+,34?,35+,37?,39+,40-/m1/s1. The molecular weight excluding hydrogens is 622 g/mol. The first-order valence-electron chi connectivity index (χ1n) is 18.4. The van der Waals surface area contributed by atoms with Crippen LogP contribution in [0.25, 0.3) is 0 Å². The summed E-state index contributed by atoms with van der Waals surface area (Å²) < 4.78 is 5.58. The molecule has 6 N–H and O–H groups in total. The van der Waals surface area contributed by atoms with Gasteiger partial charge in [-0.2, -0.15) is 0 Å². The number of hydrogen-bond acceptors (Lipinski definition) is 8. The molecule has 9 nitrogen and oxygen atoms in total. The van der Waals surface area contributed by atoms with Gasteiger partial charge in [0.1, 0.15) is 12.6 Å². The Labute approximate surface area is 290 Å². The van der Waals surface area contributed by atoms with Crippen LogP contribution in [-0.2, 0) is 27.4 Å². The molecule has 0 aromatic heterocycles. The highest BCUT2D eigenvalue weighted by Crippen LogP contribution is 2.68. The molecule has 49 heavy (non-hydrogen) atoms. The quantitative estimate of drug-likeness (QED) is 0.147. The lowest BCUT2D eigenvalue weighted by Gasteiger charge is -2.63. The van der Waals surface area contributed by atoms with E-state index in [0.717, 1.165) is 44.1 Å². The molecule has 6 rings (SSSR count). The second-order valence-corrected chi connectivity index (χ2v) is 16.3. The molecule has 6 unspecified atom stereocenters. The number of fused-ring (bicyclic) bond motifs is 5. The van der Waals surface area contributed by atoms with Crippen molar-refractivity contribution in [3.8, 4) is 11.5 Å². The molecule has 0 radical (unpaired) electrons. The molecule has 1 amide bonds. The maximum Gasteiger partial charge on any atom is 0.329 e. The van der Waals surface area contributed by atoms with Crippen LogP contribution in [0.5, 0.6) is 11.5 Å². The van der Waals surface area contributed by atoms with Gasteiger partial charge in [0, 0.05) is 12.8 Å². The molecule has 0 spiro atoms. The van der Waals surface area contributed by atoms with Crippen LogP contribution in [0.4, 0.5) is 0 Å². The third-order valence-corrected chi connectivity index (χ3v) is 13.7. The van der Waals surface area contributed by atoms with Crippen LogP contribution in [-0.4, -0.2) is 61.8 Å². The smallest absolute Gasteiger partial charge is 0.329 e. The average molecular weight is 678 g/mol. The van der Waals surface area contributed by atoms with E-state index in [1.54, 1.807) is 6.07 Å². The second kappa shape index (κ2) is 14.2. The predicted octanol–water partition coefficient (Wildman–Crippen LogP) is 5.25. The van der Waals surface area contributed by atoms with Crippen molar-refractivity contribution in [2.75, 3.05) is 0 Å². The number of phenolic OH excluding ortho intramolecular Hbond substituents is 2. The van der Waals surface area contributed by atoms with Crippen LogP contribution in [0.15, 0.2) is 48.5 Å². The minimum absolute atomic E-state index is 0.0187. The van der Waals surface area contributed by atoms with Gasteiger partial charge in [0.25, 0.3) is 0 Å². The number of esters is 1. The largest absolute Gasteiger partial charge is 0.504 e. The van der Waals surface area contributed by atoms with Crippen molar-refractivity contribution in [2.45, 2.75) is 116 Å². The van der Waals surface area contributed by atoms with E-state index >= 15 is 0 Å². The zero-order chi connectivity index (χ0) is 35.1. The van der Waals surface area contributed by atoms with Crippen molar-refractivity contribution in [1.82, 2.24) is 5.32 Å². The van der Waals surface area contributed by atoms with Crippen molar-refractivity contribution < 1.29 is 39.9 Å². The molecule has 12 atom stereocenters. The van der Waals surface area contributed by atoms with E-state index in [-0.39, 0.29) is 89.3 Å². The summed E-state index contributed by atoms with van der Waals surface area (Å²) >= 11 is 0. The fourth-order valence-electron chi connectivity index (χ4n) is 10.9. The van der Waals surface area contributed by atoms with E-state index in [4.69, 9.17) is 4.74 Å². The Morgan fingerprint density at radius 1 is 0.918 bits per heavy atom. The van der Waals surface area contributed by atoms with Crippen molar-refractivity contribution >= 4 is 11.9 Å². The first-order chi connectivity index (χ1) is 23.3. The molecule has 268 valence electrons. The van der Waals surface area contributed by atoms with Gasteiger partial charge in [0.2, 0.25) is 5.91 Å². The van der Waals surface area contributed by atoms with Crippen LogP contribution in [0.3, 0.4) is 0 Å². The first-order valence-corrected chi connectivity index (χ1v) is 18.4. The summed E-state index contributed by atoms with van der Waals surface area (Å²) in [4.78, 5) is 26.7. The minimum Gasteiger partial charge on any atom is -0.504 e. The Kier molecular flexibility index (Phi) is 10.4. The van der Waals surface area contributed by atoms with Crippen LogP contribution >= 0.6 is 0 Å². The molecular formula is C40H55NO8.